The van der Waals surface area contributed by atoms with Crippen LogP contribution in [0, 0.1) is 11.3 Å². The standard InChI is InChI=1S/C14H13F3N4OS/c1-8(2)9-3-5-10(6-4-9)21-13(19)12(11(7-18)20-21)23(22)14(15,16)17/h3-6,8H,19H2,1-2H3. The van der Waals surface area contributed by atoms with Gasteiger partial charge in [-0.3, -0.25) is 0 Å². The Balaban J connectivity index is 2.53. The van der Waals surface area contributed by atoms with E-state index in [-0.39, 0.29) is 5.92 Å². The van der Waals surface area contributed by atoms with Gasteiger partial charge in [-0.05, 0) is 23.6 Å². The van der Waals surface area contributed by atoms with Gasteiger partial charge in [0.05, 0.1) is 5.69 Å². The number of hydrogen-bond donors (Lipinski definition) is 1. The van der Waals surface area contributed by atoms with Gasteiger partial charge in [-0.15, -0.1) is 18.3 Å². The molecule has 0 saturated heterocycles. The number of alkyl halides is 3. The van der Waals surface area contributed by atoms with Crippen LogP contribution >= 0.6 is 0 Å². The van der Waals surface area contributed by atoms with E-state index in [1.54, 1.807) is 24.3 Å². The molecule has 23 heavy (non-hydrogen) atoms. The zero-order valence-corrected chi connectivity index (χ0v) is 13.1. The molecule has 0 aliphatic rings. The van der Waals surface area contributed by atoms with Gasteiger partial charge >= 0.3 is 5.51 Å². The minimum absolute atomic E-state index is 0.280. The third-order valence-electron chi connectivity index (χ3n) is 3.18. The van der Waals surface area contributed by atoms with E-state index in [9.17, 15) is 17.7 Å². The molecule has 122 valence electrons. The van der Waals surface area contributed by atoms with Crippen molar-refractivity contribution in [2.45, 2.75) is 30.2 Å². The molecule has 9 heteroatoms. The van der Waals surface area contributed by atoms with Gasteiger partial charge in [0.15, 0.2) is 5.82 Å². The molecule has 0 amide bonds. The predicted octanol–water partition coefficient (Wildman–Crippen LogP) is 3.08. The number of aromatic nitrogens is 2. The Kier molecular flexibility index (Phi) is 4.58. The fourth-order valence-corrected chi connectivity index (χ4v) is 2.76. The average Bonchev–Trinajstić information content (AvgIpc) is 2.82. The van der Waals surface area contributed by atoms with Gasteiger partial charge in [-0.2, -0.15) is 5.26 Å². The topological polar surface area (TPSA) is 90.7 Å². The van der Waals surface area contributed by atoms with Crippen molar-refractivity contribution < 1.29 is 17.7 Å². The monoisotopic (exact) mass is 342 g/mol. The summed E-state index contributed by atoms with van der Waals surface area (Å²) in [4.78, 5) is -0.812. The molecule has 0 radical (unpaired) electrons. The maximum Gasteiger partial charge on any atom is 0.578 e. The van der Waals surface area contributed by atoms with Crippen LogP contribution in [0.15, 0.2) is 29.2 Å². The summed E-state index contributed by atoms with van der Waals surface area (Å²) < 4.78 is 50.6. The summed E-state index contributed by atoms with van der Waals surface area (Å²) in [7, 11) is 0. The summed E-state index contributed by atoms with van der Waals surface area (Å²) in [5.41, 5.74) is 1.45. The SMILES string of the molecule is CC(C)c1ccc(-n2nc(C#N)c([S+]([O-])C(F)(F)F)c2N)cc1. The minimum atomic E-state index is -5.02. The van der Waals surface area contributed by atoms with E-state index in [1.807, 2.05) is 13.8 Å². The fourth-order valence-electron chi connectivity index (χ4n) is 1.99. The van der Waals surface area contributed by atoms with Crippen LogP contribution in [0.1, 0.15) is 31.0 Å². The van der Waals surface area contributed by atoms with Crippen molar-refractivity contribution in [1.82, 2.24) is 9.78 Å². The molecule has 2 aromatic rings. The highest BCUT2D eigenvalue weighted by molar-refractivity contribution is 7.92. The number of rotatable bonds is 3. The second-order valence-electron chi connectivity index (χ2n) is 5.05. The molecule has 0 spiro atoms. The first-order valence-electron chi connectivity index (χ1n) is 6.54. The van der Waals surface area contributed by atoms with Crippen LogP contribution in [0.5, 0.6) is 0 Å². The number of hydrogen-bond acceptors (Lipinski definition) is 4. The van der Waals surface area contributed by atoms with Crippen LogP contribution in [0.4, 0.5) is 19.0 Å². The lowest BCUT2D eigenvalue weighted by Gasteiger charge is -2.12. The molecule has 1 aromatic heterocycles. The van der Waals surface area contributed by atoms with Gasteiger partial charge in [-0.25, -0.2) is 4.68 Å². The van der Waals surface area contributed by atoms with Gasteiger partial charge in [0, 0.05) is 0 Å². The Hall–Kier alpha value is -2.18. The molecule has 1 heterocycles. The number of nitrogens with two attached hydrogens (primary N) is 1. The van der Waals surface area contributed by atoms with Crippen LogP contribution in [0.3, 0.4) is 0 Å². The quantitative estimate of drug-likeness (QED) is 0.868. The molecule has 1 aromatic carbocycles. The lowest BCUT2D eigenvalue weighted by atomic mass is 10.0. The third-order valence-corrected chi connectivity index (χ3v) is 4.38. The molecule has 0 aliphatic carbocycles. The lowest BCUT2D eigenvalue weighted by molar-refractivity contribution is -0.0435. The number of nitrogen functional groups attached to an aromatic ring is 1. The highest BCUT2D eigenvalue weighted by Gasteiger charge is 2.50. The van der Waals surface area contributed by atoms with Crippen LogP contribution in [-0.2, 0) is 11.2 Å². The molecule has 0 aliphatic heterocycles. The Morgan fingerprint density at radius 1 is 1.30 bits per heavy atom. The van der Waals surface area contributed by atoms with Gasteiger partial charge in [0.2, 0.25) is 10.6 Å². The summed E-state index contributed by atoms with van der Waals surface area (Å²) in [6.07, 6.45) is 0. The number of nitrogens with zero attached hydrogens (tertiary/aromatic N) is 3. The Bertz CT molecular complexity index is 747. The van der Waals surface area contributed by atoms with E-state index in [1.165, 1.54) is 6.07 Å². The Morgan fingerprint density at radius 2 is 1.87 bits per heavy atom. The summed E-state index contributed by atoms with van der Waals surface area (Å²) in [6.45, 7) is 3.99. The van der Waals surface area contributed by atoms with E-state index in [4.69, 9.17) is 11.0 Å². The smallest absolute Gasteiger partial charge is 0.578 e. The molecule has 1 unspecified atom stereocenters. The van der Waals surface area contributed by atoms with Crippen molar-refractivity contribution in [1.29, 1.82) is 5.26 Å². The van der Waals surface area contributed by atoms with E-state index < -0.39 is 33.1 Å². The highest BCUT2D eigenvalue weighted by atomic mass is 32.2. The van der Waals surface area contributed by atoms with Gasteiger partial charge < -0.3 is 10.3 Å². The normalized spacial score (nSPS) is 13.1. The molecule has 0 bridgehead atoms. The molecule has 2 N–H and O–H groups in total. The van der Waals surface area contributed by atoms with E-state index >= 15 is 0 Å². The molecule has 2 rings (SSSR count). The zero-order valence-electron chi connectivity index (χ0n) is 12.3. The van der Waals surface area contributed by atoms with Gasteiger partial charge in [0.1, 0.15) is 17.2 Å². The van der Waals surface area contributed by atoms with Crippen LogP contribution in [-0.4, -0.2) is 19.8 Å². The molecular formula is C14H13F3N4OS. The maximum absolute atomic E-state index is 12.7. The fraction of sp³-hybridized carbons (Fsp3) is 0.286. The van der Waals surface area contributed by atoms with Gasteiger partial charge in [-0.1, -0.05) is 26.0 Å². The minimum Gasteiger partial charge on any atom is -0.604 e. The Labute approximate surface area is 133 Å². The van der Waals surface area contributed by atoms with Gasteiger partial charge in [0.25, 0.3) is 0 Å². The molecule has 0 fully saturated rings. The lowest BCUT2D eigenvalue weighted by Crippen LogP contribution is -2.24. The van der Waals surface area contributed by atoms with E-state index in [2.05, 4.69) is 5.10 Å². The van der Waals surface area contributed by atoms with Crippen molar-refractivity contribution in [3.05, 3.63) is 35.5 Å². The van der Waals surface area contributed by atoms with Crippen molar-refractivity contribution in [3.63, 3.8) is 0 Å². The van der Waals surface area contributed by atoms with E-state index in [0.717, 1.165) is 10.2 Å². The zero-order chi connectivity index (χ0) is 17.4. The molecule has 5 nitrogen and oxygen atoms in total. The second-order valence-corrected chi connectivity index (χ2v) is 6.46. The highest BCUT2D eigenvalue weighted by Crippen LogP contribution is 2.36. The molecular weight excluding hydrogens is 329 g/mol. The maximum atomic E-state index is 12.7. The Morgan fingerprint density at radius 3 is 2.30 bits per heavy atom. The molecule has 0 saturated carbocycles. The van der Waals surface area contributed by atoms with Crippen molar-refractivity contribution in [2.75, 3.05) is 5.73 Å². The number of nitriles is 1. The number of anilines is 1. The number of halogens is 3. The third kappa shape index (κ3) is 3.28. The number of benzene rings is 1. The first-order chi connectivity index (χ1) is 10.7. The van der Waals surface area contributed by atoms with E-state index in [0.29, 0.717) is 5.69 Å². The summed E-state index contributed by atoms with van der Waals surface area (Å²) in [5, 5.41) is 12.7. The average molecular weight is 342 g/mol. The molecule has 1 atom stereocenters. The second kappa shape index (κ2) is 6.14. The largest absolute Gasteiger partial charge is 0.604 e. The first kappa shape index (κ1) is 17.2. The van der Waals surface area contributed by atoms with Crippen LogP contribution in [0.2, 0.25) is 0 Å². The van der Waals surface area contributed by atoms with Crippen LogP contribution in [0.25, 0.3) is 5.69 Å². The van der Waals surface area contributed by atoms with Crippen LogP contribution < -0.4 is 5.73 Å². The summed E-state index contributed by atoms with van der Waals surface area (Å²) in [6, 6.07) is 8.33. The van der Waals surface area contributed by atoms with Crippen molar-refractivity contribution >= 4 is 17.0 Å². The summed E-state index contributed by atoms with van der Waals surface area (Å²) >= 11 is -3.42. The summed E-state index contributed by atoms with van der Waals surface area (Å²) in [5.74, 6) is -0.184. The predicted molar refractivity (Wildman–Crippen MR) is 79.2 cm³/mol. The van der Waals surface area contributed by atoms with Crippen molar-refractivity contribution in [2.24, 2.45) is 0 Å². The van der Waals surface area contributed by atoms with Crippen molar-refractivity contribution in [3.8, 4) is 11.8 Å². The first-order valence-corrected chi connectivity index (χ1v) is 7.69.